The molecule has 1 heteroatoms. The van der Waals surface area contributed by atoms with Gasteiger partial charge in [-0.3, -0.25) is 0 Å². The summed E-state index contributed by atoms with van der Waals surface area (Å²) in [6, 6.07) is 15.5. The van der Waals surface area contributed by atoms with Crippen molar-refractivity contribution in [3.63, 3.8) is 0 Å². The molecule has 1 nitrogen and oxygen atoms in total. The molecular formula is C18H25N. The lowest BCUT2D eigenvalue weighted by atomic mass is 9.88. The minimum atomic E-state index is 0.592. The SMILES string of the molecule is CCCNCC(C)C(C)c1ccc2ccccc2c1. The zero-order valence-corrected chi connectivity index (χ0v) is 12.3. The predicted octanol–water partition coefficient (Wildman–Crippen LogP) is 4.58. The lowest BCUT2D eigenvalue weighted by Crippen LogP contribution is -2.25. The monoisotopic (exact) mass is 255 g/mol. The Bertz CT molecular complexity index is 518. The van der Waals surface area contributed by atoms with Gasteiger partial charge in [0, 0.05) is 0 Å². The Balaban J connectivity index is 2.09. The van der Waals surface area contributed by atoms with Crippen LogP contribution in [0.4, 0.5) is 0 Å². The highest BCUT2D eigenvalue weighted by Crippen LogP contribution is 2.26. The Morgan fingerprint density at radius 2 is 1.74 bits per heavy atom. The van der Waals surface area contributed by atoms with Crippen LogP contribution in [-0.2, 0) is 0 Å². The number of hydrogen-bond acceptors (Lipinski definition) is 1. The van der Waals surface area contributed by atoms with E-state index in [-0.39, 0.29) is 0 Å². The van der Waals surface area contributed by atoms with Crippen LogP contribution in [0.3, 0.4) is 0 Å². The Kier molecular flexibility index (Phi) is 4.98. The van der Waals surface area contributed by atoms with Crippen LogP contribution in [0.25, 0.3) is 10.8 Å². The molecule has 2 atom stereocenters. The highest BCUT2D eigenvalue weighted by Gasteiger charge is 2.14. The van der Waals surface area contributed by atoms with Crippen molar-refractivity contribution in [3.8, 4) is 0 Å². The van der Waals surface area contributed by atoms with Crippen molar-refractivity contribution in [2.75, 3.05) is 13.1 Å². The molecule has 1 N–H and O–H groups in total. The van der Waals surface area contributed by atoms with E-state index in [4.69, 9.17) is 0 Å². The highest BCUT2D eigenvalue weighted by atomic mass is 14.8. The molecule has 0 aromatic heterocycles. The quantitative estimate of drug-likeness (QED) is 0.745. The molecule has 0 spiro atoms. The normalized spacial score (nSPS) is 14.5. The molecule has 0 bridgehead atoms. The van der Waals surface area contributed by atoms with Crippen LogP contribution in [0.15, 0.2) is 42.5 Å². The van der Waals surface area contributed by atoms with Crippen LogP contribution in [0.2, 0.25) is 0 Å². The molecule has 0 saturated heterocycles. The van der Waals surface area contributed by atoms with E-state index in [1.165, 1.54) is 22.8 Å². The summed E-state index contributed by atoms with van der Waals surface area (Å²) >= 11 is 0. The number of nitrogens with one attached hydrogen (secondary N) is 1. The zero-order valence-electron chi connectivity index (χ0n) is 12.3. The highest BCUT2D eigenvalue weighted by molar-refractivity contribution is 5.83. The summed E-state index contributed by atoms with van der Waals surface area (Å²) in [6.45, 7) is 9.10. The molecule has 0 amide bonds. The van der Waals surface area contributed by atoms with Crippen LogP contribution in [0.1, 0.15) is 38.7 Å². The van der Waals surface area contributed by atoms with E-state index in [2.05, 4.69) is 68.6 Å². The third kappa shape index (κ3) is 3.57. The maximum atomic E-state index is 3.52. The first kappa shape index (κ1) is 14.1. The van der Waals surface area contributed by atoms with Gasteiger partial charge in [0.2, 0.25) is 0 Å². The van der Waals surface area contributed by atoms with Crippen LogP contribution in [-0.4, -0.2) is 13.1 Å². The van der Waals surface area contributed by atoms with Crippen molar-refractivity contribution in [1.82, 2.24) is 5.32 Å². The Morgan fingerprint density at radius 3 is 2.47 bits per heavy atom. The first-order valence-corrected chi connectivity index (χ1v) is 7.41. The Labute approximate surface area is 117 Å². The summed E-state index contributed by atoms with van der Waals surface area (Å²) in [4.78, 5) is 0. The van der Waals surface area contributed by atoms with E-state index < -0.39 is 0 Å². The zero-order chi connectivity index (χ0) is 13.7. The van der Waals surface area contributed by atoms with Gasteiger partial charge in [0.15, 0.2) is 0 Å². The Hall–Kier alpha value is -1.34. The number of benzene rings is 2. The number of hydrogen-bond donors (Lipinski definition) is 1. The first-order chi connectivity index (χ1) is 9.22. The third-order valence-electron chi connectivity index (χ3n) is 4.05. The summed E-state index contributed by atoms with van der Waals surface area (Å²) in [7, 11) is 0. The summed E-state index contributed by atoms with van der Waals surface area (Å²) in [6.07, 6.45) is 1.21. The summed E-state index contributed by atoms with van der Waals surface area (Å²) < 4.78 is 0. The van der Waals surface area contributed by atoms with Crippen LogP contribution in [0.5, 0.6) is 0 Å². The first-order valence-electron chi connectivity index (χ1n) is 7.41. The van der Waals surface area contributed by atoms with Gasteiger partial charge in [0.05, 0.1) is 0 Å². The van der Waals surface area contributed by atoms with E-state index in [1.807, 2.05) is 0 Å². The molecular weight excluding hydrogens is 230 g/mol. The van der Waals surface area contributed by atoms with E-state index in [9.17, 15) is 0 Å². The third-order valence-corrected chi connectivity index (χ3v) is 4.05. The van der Waals surface area contributed by atoms with Crippen LogP contribution in [0, 0.1) is 5.92 Å². The molecule has 102 valence electrons. The van der Waals surface area contributed by atoms with Gasteiger partial charge in [0.1, 0.15) is 0 Å². The van der Waals surface area contributed by atoms with Gasteiger partial charge in [-0.2, -0.15) is 0 Å². The summed E-state index contributed by atoms with van der Waals surface area (Å²) in [5, 5.41) is 6.20. The maximum absolute atomic E-state index is 3.52. The van der Waals surface area contributed by atoms with E-state index >= 15 is 0 Å². The second-order valence-electron chi connectivity index (χ2n) is 5.58. The van der Waals surface area contributed by atoms with E-state index in [1.54, 1.807) is 0 Å². The van der Waals surface area contributed by atoms with Gasteiger partial charge < -0.3 is 5.32 Å². The fraction of sp³-hybridized carbons (Fsp3) is 0.444. The van der Waals surface area contributed by atoms with Gasteiger partial charge in [0.25, 0.3) is 0 Å². The molecule has 2 aromatic carbocycles. The molecule has 0 aliphatic rings. The molecule has 0 aliphatic carbocycles. The van der Waals surface area contributed by atoms with Crippen molar-refractivity contribution in [1.29, 1.82) is 0 Å². The lowest BCUT2D eigenvalue weighted by molar-refractivity contribution is 0.448. The van der Waals surface area contributed by atoms with Crippen molar-refractivity contribution < 1.29 is 0 Å². The van der Waals surface area contributed by atoms with Crippen LogP contribution >= 0.6 is 0 Å². The predicted molar refractivity (Wildman–Crippen MR) is 84.7 cm³/mol. The fourth-order valence-corrected chi connectivity index (χ4v) is 2.50. The molecule has 0 heterocycles. The standard InChI is InChI=1S/C18H25N/c1-4-11-19-13-14(2)15(3)17-10-9-16-7-5-6-8-18(16)12-17/h5-10,12,14-15,19H,4,11,13H2,1-3H3. The second kappa shape index (κ2) is 6.72. The molecule has 0 radical (unpaired) electrons. The average molecular weight is 255 g/mol. The van der Waals surface area contributed by atoms with Crippen LogP contribution < -0.4 is 5.32 Å². The molecule has 0 saturated carbocycles. The van der Waals surface area contributed by atoms with Gasteiger partial charge >= 0.3 is 0 Å². The van der Waals surface area contributed by atoms with Gasteiger partial charge in [-0.05, 0) is 47.7 Å². The van der Waals surface area contributed by atoms with Gasteiger partial charge in [-0.15, -0.1) is 0 Å². The van der Waals surface area contributed by atoms with Crippen molar-refractivity contribution in [3.05, 3.63) is 48.0 Å². The molecule has 2 aromatic rings. The smallest absolute Gasteiger partial charge is 0.00174 e. The van der Waals surface area contributed by atoms with Gasteiger partial charge in [-0.1, -0.05) is 63.2 Å². The molecule has 0 fully saturated rings. The minimum Gasteiger partial charge on any atom is -0.316 e. The van der Waals surface area contributed by atoms with E-state index in [0.29, 0.717) is 11.8 Å². The summed E-state index contributed by atoms with van der Waals surface area (Å²) in [5.74, 6) is 1.25. The number of fused-ring (bicyclic) bond motifs is 1. The summed E-state index contributed by atoms with van der Waals surface area (Å²) in [5.41, 5.74) is 1.45. The molecule has 19 heavy (non-hydrogen) atoms. The van der Waals surface area contributed by atoms with E-state index in [0.717, 1.165) is 13.1 Å². The lowest BCUT2D eigenvalue weighted by Gasteiger charge is -2.21. The minimum absolute atomic E-state index is 0.592. The topological polar surface area (TPSA) is 12.0 Å². The molecule has 2 unspecified atom stereocenters. The average Bonchev–Trinajstić information content (AvgIpc) is 2.46. The second-order valence-corrected chi connectivity index (χ2v) is 5.58. The van der Waals surface area contributed by atoms with Crippen molar-refractivity contribution in [2.45, 2.75) is 33.1 Å². The van der Waals surface area contributed by atoms with Crippen molar-refractivity contribution >= 4 is 10.8 Å². The maximum Gasteiger partial charge on any atom is -0.00174 e. The fourth-order valence-electron chi connectivity index (χ4n) is 2.50. The molecule has 0 aliphatic heterocycles. The largest absolute Gasteiger partial charge is 0.316 e. The Morgan fingerprint density at radius 1 is 1.00 bits per heavy atom. The molecule has 2 rings (SSSR count). The van der Waals surface area contributed by atoms with Gasteiger partial charge in [-0.25, -0.2) is 0 Å². The number of rotatable bonds is 6. The van der Waals surface area contributed by atoms with Crippen molar-refractivity contribution in [2.24, 2.45) is 5.92 Å².